The van der Waals surface area contributed by atoms with Crippen LogP contribution in [0.15, 0.2) is 17.3 Å². The van der Waals surface area contributed by atoms with E-state index in [-0.39, 0.29) is 28.8 Å². The Labute approximate surface area is 148 Å². The zero-order valence-electron chi connectivity index (χ0n) is 14.6. The summed E-state index contributed by atoms with van der Waals surface area (Å²) in [6, 6.07) is 0.169. The predicted molar refractivity (Wildman–Crippen MR) is 93.1 cm³/mol. The second kappa shape index (κ2) is 7.43. The summed E-state index contributed by atoms with van der Waals surface area (Å²) in [5.74, 6) is 0.321. The van der Waals surface area contributed by atoms with Gasteiger partial charge < -0.3 is 11.1 Å². The van der Waals surface area contributed by atoms with Crippen molar-refractivity contribution >= 4 is 15.9 Å². The lowest BCUT2D eigenvalue weighted by Gasteiger charge is -2.31. The molecular weight excluding hydrogens is 342 g/mol. The lowest BCUT2D eigenvalue weighted by atomic mass is 9.99. The van der Waals surface area contributed by atoms with E-state index >= 15 is 0 Å². The summed E-state index contributed by atoms with van der Waals surface area (Å²) in [6.07, 6.45) is 7.74. The van der Waals surface area contributed by atoms with Crippen LogP contribution in [0.3, 0.4) is 0 Å². The SMILES string of the molecule is Cn1cc(S(=O)(=O)N2CCC(NC(=O)C[C@@H]3CCC[C@H]3N)CC2)cn1. The number of carbonyl (C=O) groups is 1. The number of piperidine rings is 1. The lowest BCUT2D eigenvalue weighted by Crippen LogP contribution is -2.47. The molecule has 1 aliphatic heterocycles. The number of aromatic nitrogens is 2. The molecular formula is C16H27N5O3S. The first-order valence-corrected chi connectivity index (χ1v) is 10.3. The number of aryl methyl sites for hydroxylation is 1. The van der Waals surface area contributed by atoms with Crippen LogP contribution in [0.1, 0.15) is 38.5 Å². The number of rotatable bonds is 5. The van der Waals surface area contributed by atoms with Gasteiger partial charge in [0.1, 0.15) is 4.90 Å². The Bertz CT molecular complexity index is 709. The number of nitrogens with zero attached hydrogens (tertiary/aromatic N) is 3. The number of hydrogen-bond acceptors (Lipinski definition) is 5. The fourth-order valence-electron chi connectivity index (χ4n) is 3.77. The van der Waals surface area contributed by atoms with Crippen molar-refractivity contribution in [3.63, 3.8) is 0 Å². The molecule has 2 atom stereocenters. The van der Waals surface area contributed by atoms with Gasteiger partial charge in [-0.15, -0.1) is 0 Å². The van der Waals surface area contributed by atoms with Gasteiger partial charge in [0.2, 0.25) is 15.9 Å². The van der Waals surface area contributed by atoms with E-state index < -0.39 is 10.0 Å². The highest BCUT2D eigenvalue weighted by Crippen LogP contribution is 2.27. The van der Waals surface area contributed by atoms with Crippen molar-refractivity contribution < 1.29 is 13.2 Å². The number of amides is 1. The Morgan fingerprint density at radius 2 is 2.04 bits per heavy atom. The van der Waals surface area contributed by atoms with Gasteiger partial charge in [0.25, 0.3) is 0 Å². The minimum Gasteiger partial charge on any atom is -0.353 e. The number of nitrogens with one attached hydrogen (secondary N) is 1. The third kappa shape index (κ3) is 4.21. The van der Waals surface area contributed by atoms with Crippen molar-refractivity contribution in [2.24, 2.45) is 18.7 Å². The number of nitrogens with two attached hydrogens (primary N) is 1. The third-order valence-corrected chi connectivity index (χ3v) is 7.15. The molecule has 0 radical (unpaired) electrons. The first-order chi connectivity index (χ1) is 11.9. The molecule has 8 nitrogen and oxygen atoms in total. The molecule has 1 amide bonds. The Morgan fingerprint density at radius 3 is 2.60 bits per heavy atom. The molecule has 0 unspecified atom stereocenters. The van der Waals surface area contributed by atoms with Gasteiger partial charge in [-0.3, -0.25) is 9.48 Å². The second-order valence-corrected chi connectivity index (χ2v) is 9.09. The quantitative estimate of drug-likeness (QED) is 0.771. The summed E-state index contributed by atoms with van der Waals surface area (Å²) in [5.41, 5.74) is 6.02. The summed E-state index contributed by atoms with van der Waals surface area (Å²) in [5, 5.41) is 6.98. The maximum Gasteiger partial charge on any atom is 0.246 e. The van der Waals surface area contributed by atoms with E-state index in [9.17, 15) is 13.2 Å². The molecule has 1 saturated heterocycles. The Kier molecular flexibility index (Phi) is 5.45. The Morgan fingerprint density at radius 1 is 1.32 bits per heavy atom. The molecule has 0 spiro atoms. The van der Waals surface area contributed by atoms with Crippen LogP contribution in [0, 0.1) is 5.92 Å². The van der Waals surface area contributed by atoms with Gasteiger partial charge in [-0.25, -0.2) is 8.42 Å². The number of hydrogen-bond donors (Lipinski definition) is 2. The van der Waals surface area contributed by atoms with Crippen LogP contribution in [-0.4, -0.2) is 53.6 Å². The van der Waals surface area contributed by atoms with Crippen LogP contribution in [0.5, 0.6) is 0 Å². The largest absolute Gasteiger partial charge is 0.353 e. The van der Waals surface area contributed by atoms with Gasteiger partial charge in [-0.05, 0) is 31.6 Å². The van der Waals surface area contributed by atoms with Crippen molar-refractivity contribution in [3.8, 4) is 0 Å². The minimum atomic E-state index is -3.50. The Hall–Kier alpha value is -1.45. The van der Waals surface area contributed by atoms with E-state index in [0.29, 0.717) is 32.4 Å². The standard InChI is InChI=1S/C16H27N5O3S/c1-20-11-14(10-18-20)25(23,24)21-7-5-13(6-8-21)19-16(22)9-12-3-2-4-15(12)17/h10-13,15H,2-9,17H2,1H3,(H,19,22)/t12-,15+/m0/s1. The highest BCUT2D eigenvalue weighted by molar-refractivity contribution is 7.89. The number of sulfonamides is 1. The first kappa shape index (κ1) is 18.3. The van der Waals surface area contributed by atoms with E-state index in [1.165, 1.54) is 21.4 Å². The van der Waals surface area contributed by atoms with E-state index in [1.807, 2.05) is 0 Å². The fraction of sp³-hybridized carbons (Fsp3) is 0.750. The van der Waals surface area contributed by atoms with Crippen LogP contribution in [-0.2, 0) is 21.9 Å². The molecule has 1 aromatic heterocycles. The van der Waals surface area contributed by atoms with Crippen LogP contribution in [0.4, 0.5) is 0 Å². The molecule has 140 valence electrons. The average Bonchev–Trinajstić information content (AvgIpc) is 3.17. The highest BCUT2D eigenvalue weighted by Gasteiger charge is 2.32. The molecule has 3 rings (SSSR count). The zero-order valence-corrected chi connectivity index (χ0v) is 15.4. The van der Waals surface area contributed by atoms with Gasteiger partial charge in [-0.2, -0.15) is 9.40 Å². The van der Waals surface area contributed by atoms with E-state index in [4.69, 9.17) is 5.73 Å². The van der Waals surface area contributed by atoms with E-state index in [2.05, 4.69) is 10.4 Å². The van der Waals surface area contributed by atoms with Crippen LogP contribution in [0.25, 0.3) is 0 Å². The molecule has 3 N–H and O–H groups in total. The fourth-order valence-corrected chi connectivity index (χ4v) is 5.22. The summed E-state index contributed by atoms with van der Waals surface area (Å²) in [4.78, 5) is 12.4. The van der Waals surface area contributed by atoms with Gasteiger partial charge in [-0.1, -0.05) is 6.42 Å². The summed E-state index contributed by atoms with van der Waals surface area (Å²) in [7, 11) is -1.81. The molecule has 1 saturated carbocycles. The summed E-state index contributed by atoms with van der Waals surface area (Å²) >= 11 is 0. The molecule has 25 heavy (non-hydrogen) atoms. The Balaban J connectivity index is 1.49. The van der Waals surface area contributed by atoms with Crippen molar-refractivity contribution in [2.45, 2.75) is 55.5 Å². The van der Waals surface area contributed by atoms with E-state index in [0.717, 1.165) is 19.3 Å². The smallest absolute Gasteiger partial charge is 0.246 e. The predicted octanol–water partition coefficient (Wildman–Crippen LogP) is 0.207. The highest BCUT2D eigenvalue weighted by atomic mass is 32.2. The lowest BCUT2D eigenvalue weighted by molar-refractivity contribution is -0.123. The molecule has 0 bridgehead atoms. The van der Waals surface area contributed by atoms with Crippen molar-refractivity contribution in [1.82, 2.24) is 19.4 Å². The molecule has 9 heteroatoms. The third-order valence-electron chi connectivity index (χ3n) is 5.30. The average molecular weight is 369 g/mol. The molecule has 2 fully saturated rings. The minimum absolute atomic E-state index is 0.0328. The van der Waals surface area contributed by atoms with Gasteiger partial charge >= 0.3 is 0 Å². The maximum atomic E-state index is 12.6. The van der Waals surface area contributed by atoms with Gasteiger partial charge in [0, 0.05) is 44.8 Å². The van der Waals surface area contributed by atoms with E-state index in [1.54, 1.807) is 7.05 Å². The van der Waals surface area contributed by atoms with Gasteiger partial charge in [0.05, 0.1) is 6.20 Å². The summed E-state index contributed by atoms with van der Waals surface area (Å²) < 4.78 is 28.1. The second-order valence-electron chi connectivity index (χ2n) is 7.15. The van der Waals surface area contributed by atoms with Crippen LogP contribution in [0.2, 0.25) is 0 Å². The van der Waals surface area contributed by atoms with Crippen molar-refractivity contribution in [2.75, 3.05) is 13.1 Å². The molecule has 1 aliphatic carbocycles. The molecule has 0 aromatic carbocycles. The molecule has 2 aliphatic rings. The molecule has 2 heterocycles. The van der Waals surface area contributed by atoms with Crippen molar-refractivity contribution in [1.29, 1.82) is 0 Å². The normalized spacial score (nSPS) is 26.0. The summed E-state index contributed by atoms with van der Waals surface area (Å²) in [6.45, 7) is 0.816. The van der Waals surface area contributed by atoms with Crippen molar-refractivity contribution in [3.05, 3.63) is 12.4 Å². The zero-order chi connectivity index (χ0) is 18.0. The van der Waals surface area contributed by atoms with Crippen LogP contribution < -0.4 is 11.1 Å². The number of carbonyl (C=O) groups excluding carboxylic acids is 1. The topological polar surface area (TPSA) is 110 Å². The van der Waals surface area contributed by atoms with Crippen LogP contribution >= 0.6 is 0 Å². The molecule has 1 aromatic rings. The van der Waals surface area contributed by atoms with Gasteiger partial charge in [0.15, 0.2) is 0 Å². The maximum absolute atomic E-state index is 12.6. The monoisotopic (exact) mass is 369 g/mol. The first-order valence-electron chi connectivity index (χ1n) is 8.90.